The van der Waals surface area contributed by atoms with Crippen LogP contribution < -0.4 is 5.73 Å². The summed E-state index contributed by atoms with van der Waals surface area (Å²) in [6.07, 6.45) is 1.35. The number of nitrogens with two attached hydrogens (primary N) is 1. The number of benzene rings is 1. The van der Waals surface area contributed by atoms with E-state index in [1.54, 1.807) is 15.9 Å². The van der Waals surface area contributed by atoms with Gasteiger partial charge in [-0.3, -0.25) is 9.59 Å². The zero-order valence-electron chi connectivity index (χ0n) is 14.4. The van der Waals surface area contributed by atoms with Gasteiger partial charge in [0.15, 0.2) is 0 Å². The molecule has 5 nitrogen and oxygen atoms in total. The SMILES string of the molecule is CC(C)C[C@H](N)C(=O)N1CCCN(C(=O)c2cccc(F)c2)CC1. The molecule has 2 N–H and O–H groups in total. The third kappa shape index (κ3) is 4.77. The number of hydrogen-bond donors (Lipinski definition) is 1. The minimum Gasteiger partial charge on any atom is -0.340 e. The molecule has 1 aliphatic rings. The number of hydrogen-bond acceptors (Lipinski definition) is 3. The van der Waals surface area contributed by atoms with E-state index in [1.165, 1.54) is 18.2 Å². The average Bonchev–Trinajstić information content (AvgIpc) is 2.78. The maximum atomic E-state index is 13.3. The van der Waals surface area contributed by atoms with Crippen molar-refractivity contribution in [2.75, 3.05) is 26.2 Å². The Bertz CT molecular complexity index is 591. The lowest BCUT2D eigenvalue weighted by Gasteiger charge is -2.25. The zero-order chi connectivity index (χ0) is 17.7. The molecule has 0 radical (unpaired) electrons. The van der Waals surface area contributed by atoms with E-state index in [4.69, 9.17) is 5.73 Å². The van der Waals surface area contributed by atoms with E-state index in [0.29, 0.717) is 50.5 Å². The Balaban J connectivity index is 1.97. The molecule has 1 heterocycles. The van der Waals surface area contributed by atoms with E-state index in [1.807, 2.05) is 13.8 Å². The molecule has 0 aromatic heterocycles. The summed E-state index contributed by atoms with van der Waals surface area (Å²) < 4.78 is 13.3. The first kappa shape index (κ1) is 18.4. The molecule has 1 aromatic rings. The van der Waals surface area contributed by atoms with Crippen LogP contribution in [-0.2, 0) is 4.79 Å². The van der Waals surface area contributed by atoms with Gasteiger partial charge in [-0.25, -0.2) is 4.39 Å². The smallest absolute Gasteiger partial charge is 0.254 e. The van der Waals surface area contributed by atoms with Crippen molar-refractivity contribution in [3.8, 4) is 0 Å². The van der Waals surface area contributed by atoms with Crippen LogP contribution in [0, 0.1) is 11.7 Å². The normalized spacial score (nSPS) is 16.9. The highest BCUT2D eigenvalue weighted by Crippen LogP contribution is 2.12. The van der Waals surface area contributed by atoms with E-state index in [2.05, 4.69) is 0 Å². The zero-order valence-corrected chi connectivity index (χ0v) is 14.4. The van der Waals surface area contributed by atoms with Crippen LogP contribution >= 0.6 is 0 Å². The lowest BCUT2D eigenvalue weighted by atomic mass is 10.0. The number of carbonyl (C=O) groups is 2. The van der Waals surface area contributed by atoms with Gasteiger partial charge < -0.3 is 15.5 Å². The number of halogens is 1. The molecule has 0 saturated carbocycles. The Morgan fingerprint density at radius 1 is 1.17 bits per heavy atom. The van der Waals surface area contributed by atoms with E-state index < -0.39 is 11.9 Å². The summed E-state index contributed by atoms with van der Waals surface area (Å²) in [4.78, 5) is 28.3. The van der Waals surface area contributed by atoms with E-state index in [9.17, 15) is 14.0 Å². The number of nitrogens with zero attached hydrogens (tertiary/aromatic N) is 2. The molecule has 0 spiro atoms. The van der Waals surface area contributed by atoms with Gasteiger partial charge in [-0.15, -0.1) is 0 Å². The quantitative estimate of drug-likeness (QED) is 0.913. The molecule has 1 aromatic carbocycles. The fourth-order valence-corrected chi connectivity index (χ4v) is 2.99. The van der Waals surface area contributed by atoms with Gasteiger partial charge in [0.25, 0.3) is 5.91 Å². The molecule has 132 valence electrons. The van der Waals surface area contributed by atoms with Crippen LogP contribution in [0.5, 0.6) is 0 Å². The second-order valence-electron chi connectivity index (χ2n) is 6.72. The van der Waals surface area contributed by atoms with Crippen molar-refractivity contribution in [1.29, 1.82) is 0 Å². The first-order chi connectivity index (χ1) is 11.4. The van der Waals surface area contributed by atoms with Crippen LogP contribution in [0.15, 0.2) is 24.3 Å². The maximum absolute atomic E-state index is 13.3. The summed E-state index contributed by atoms with van der Waals surface area (Å²) >= 11 is 0. The van der Waals surface area contributed by atoms with Crippen molar-refractivity contribution >= 4 is 11.8 Å². The van der Waals surface area contributed by atoms with Crippen molar-refractivity contribution in [1.82, 2.24) is 9.80 Å². The summed E-state index contributed by atoms with van der Waals surface area (Å²) in [5.41, 5.74) is 6.33. The predicted octanol–water partition coefficient (Wildman–Crippen LogP) is 1.87. The minimum atomic E-state index is -0.490. The highest BCUT2D eigenvalue weighted by atomic mass is 19.1. The van der Waals surface area contributed by atoms with Gasteiger partial charge in [-0.05, 0) is 37.0 Å². The van der Waals surface area contributed by atoms with E-state index >= 15 is 0 Å². The third-order valence-corrected chi connectivity index (χ3v) is 4.21. The molecular formula is C18H26FN3O2. The fourth-order valence-electron chi connectivity index (χ4n) is 2.99. The molecule has 24 heavy (non-hydrogen) atoms. The van der Waals surface area contributed by atoms with Crippen molar-refractivity contribution in [2.45, 2.75) is 32.7 Å². The molecule has 1 atom stereocenters. The van der Waals surface area contributed by atoms with Gasteiger partial charge in [0.2, 0.25) is 5.91 Å². The van der Waals surface area contributed by atoms with Crippen LogP contribution in [0.3, 0.4) is 0 Å². The fraction of sp³-hybridized carbons (Fsp3) is 0.556. The third-order valence-electron chi connectivity index (χ3n) is 4.21. The number of rotatable bonds is 4. The van der Waals surface area contributed by atoms with Gasteiger partial charge in [0, 0.05) is 31.7 Å². The molecule has 1 saturated heterocycles. The number of amides is 2. The molecule has 1 aliphatic heterocycles. The molecule has 6 heteroatoms. The Hall–Kier alpha value is -1.95. The van der Waals surface area contributed by atoms with Crippen molar-refractivity contribution in [3.63, 3.8) is 0 Å². The van der Waals surface area contributed by atoms with Crippen LogP contribution in [0.1, 0.15) is 37.0 Å². The Labute approximate surface area is 142 Å². The van der Waals surface area contributed by atoms with Crippen LogP contribution in [-0.4, -0.2) is 53.8 Å². The predicted molar refractivity (Wildman–Crippen MR) is 90.9 cm³/mol. The van der Waals surface area contributed by atoms with Crippen LogP contribution in [0.25, 0.3) is 0 Å². The minimum absolute atomic E-state index is 0.0521. The van der Waals surface area contributed by atoms with Crippen LogP contribution in [0.2, 0.25) is 0 Å². The van der Waals surface area contributed by atoms with Gasteiger partial charge in [-0.2, -0.15) is 0 Å². The van der Waals surface area contributed by atoms with E-state index in [-0.39, 0.29) is 11.8 Å². The van der Waals surface area contributed by atoms with Crippen molar-refractivity contribution in [2.24, 2.45) is 11.7 Å². The van der Waals surface area contributed by atoms with Gasteiger partial charge in [0.1, 0.15) is 5.82 Å². The summed E-state index contributed by atoms with van der Waals surface area (Å²) in [6, 6.07) is 5.21. The highest BCUT2D eigenvalue weighted by molar-refractivity contribution is 5.94. The lowest BCUT2D eigenvalue weighted by Crippen LogP contribution is -2.46. The molecule has 2 amide bonds. The van der Waals surface area contributed by atoms with Gasteiger partial charge >= 0.3 is 0 Å². The maximum Gasteiger partial charge on any atom is 0.254 e. The topological polar surface area (TPSA) is 66.6 Å². The monoisotopic (exact) mass is 335 g/mol. The second-order valence-corrected chi connectivity index (χ2v) is 6.72. The van der Waals surface area contributed by atoms with Gasteiger partial charge in [-0.1, -0.05) is 19.9 Å². The molecule has 1 fully saturated rings. The summed E-state index contributed by atoms with van der Waals surface area (Å²) in [5, 5.41) is 0. The average molecular weight is 335 g/mol. The van der Waals surface area contributed by atoms with Crippen molar-refractivity contribution < 1.29 is 14.0 Å². The van der Waals surface area contributed by atoms with E-state index in [0.717, 1.165) is 0 Å². The summed E-state index contributed by atoms with van der Waals surface area (Å²) in [5.74, 6) is -0.312. The number of carbonyl (C=O) groups excluding carboxylic acids is 2. The highest BCUT2D eigenvalue weighted by Gasteiger charge is 2.26. The summed E-state index contributed by atoms with van der Waals surface area (Å²) in [6.45, 7) is 6.13. The first-order valence-corrected chi connectivity index (χ1v) is 8.47. The van der Waals surface area contributed by atoms with Crippen LogP contribution in [0.4, 0.5) is 4.39 Å². The van der Waals surface area contributed by atoms with Crippen molar-refractivity contribution in [3.05, 3.63) is 35.6 Å². The Morgan fingerprint density at radius 2 is 1.83 bits per heavy atom. The lowest BCUT2D eigenvalue weighted by molar-refractivity contribution is -0.132. The Morgan fingerprint density at radius 3 is 2.50 bits per heavy atom. The standard InChI is InChI=1S/C18H26FN3O2/c1-13(2)11-16(20)18(24)22-8-4-7-21(9-10-22)17(23)14-5-3-6-15(19)12-14/h3,5-6,12-13,16H,4,7-11,20H2,1-2H3/t16-/m0/s1. The largest absolute Gasteiger partial charge is 0.340 e. The molecular weight excluding hydrogens is 309 g/mol. The molecule has 0 bridgehead atoms. The first-order valence-electron chi connectivity index (χ1n) is 8.47. The van der Waals surface area contributed by atoms with Gasteiger partial charge in [0.05, 0.1) is 6.04 Å². The molecule has 0 unspecified atom stereocenters. The Kier molecular flexibility index (Phi) is 6.31. The molecule has 2 rings (SSSR count). The second kappa shape index (κ2) is 8.24. The summed E-state index contributed by atoms with van der Waals surface area (Å²) in [7, 11) is 0. The molecule has 0 aliphatic carbocycles.